The average Bonchev–Trinajstić information content (AvgIpc) is 3.43. The summed E-state index contributed by atoms with van der Waals surface area (Å²) >= 11 is 0. The second kappa shape index (κ2) is 6.54. The van der Waals surface area contributed by atoms with E-state index in [0.29, 0.717) is 13.1 Å². The summed E-state index contributed by atoms with van der Waals surface area (Å²) in [5, 5.41) is 11.8. The topological polar surface area (TPSA) is 81.3 Å². The fourth-order valence-electron chi connectivity index (χ4n) is 3.80. The molecule has 0 aliphatic carbocycles. The molecule has 0 bridgehead atoms. The van der Waals surface area contributed by atoms with Crippen LogP contribution in [0.2, 0.25) is 0 Å². The summed E-state index contributed by atoms with van der Waals surface area (Å²) in [5.41, 5.74) is 1.82. The van der Waals surface area contributed by atoms with E-state index in [4.69, 9.17) is 4.74 Å². The quantitative estimate of drug-likeness (QED) is 0.664. The number of fused-ring (bicyclic) bond motifs is 1. The summed E-state index contributed by atoms with van der Waals surface area (Å²) < 4.78 is 38.2. The number of halogens is 2. The molecule has 1 amide bonds. The van der Waals surface area contributed by atoms with Crippen molar-refractivity contribution in [3.05, 3.63) is 53.6 Å². The number of nitrogens with zero attached hydrogens (tertiary/aromatic N) is 7. The molecule has 1 aromatic carbocycles. The average molecular weight is 401 g/mol. The lowest BCUT2D eigenvalue weighted by Crippen LogP contribution is -2.27. The van der Waals surface area contributed by atoms with Gasteiger partial charge in [0.25, 0.3) is 0 Å². The van der Waals surface area contributed by atoms with Gasteiger partial charge in [0, 0.05) is 31.5 Å². The lowest BCUT2D eigenvalue weighted by molar-refractivity contribution is 0.129. The van der Waals surface area contributed by atoms with Gasteiger partial charge in [0.1, 0.15) is 6.10 Å². The Balaban J connectivity index is 1.36. The van der Waals surface area contributed by atoms with Crippen LogP contribution >= 0.6 is 0 Å². The van der Waals surface area contributed by atoms with E-state index in [9.17, 15) is 13.6 Å². The summed E-state index contributed by atoms with van der Waals surface area (Å²) in [7, 11) is 1.82. The second-order valence-electron chi connectivity index (χ2n) is 7.10. The molecule has 5 rings (SSSR count). The van der Waals surface area contributed by atoms with Crippen LogP contribution in [0.3, 0.4) is 0 Å². The van der Waals surface area contributed by atoms with Gasteiger partial charge < -0.3 is 9.64 Å². The van der Waals surface area contributed by atoms with Crippen molar-refractivity contribution in [3.8, 4) is 0 Å². The van der Waals surface area contributed by atoms with Gasteiger partial charge in [-0.25, -0.2) is 18.3 Å². The summed E-state index contributed by atoms with van der Waals surface area (Å²) in [6, 6.07) is 2.89. The highest BCUT2D eigenvalue weighted by Crippen LogP contribution is 2.35. The minimum Gasteiger partial charge on any atom is -0.442 e. The van der Waals surface area contributed by atoms with Gasteiger partial charge in [-0.1, -0.05) is 5.21 Å². The third-order valence-electron chi connectivity index (χ3n) is 5.10. The van der Waals surface area contributed by atoms with Crippen LogP contribution in [0.1, 0.15) is 11.3 Å². The fourth-order valence-corrected chi connectivity index (χ4v) is 3.80. The maximum Gasteiger partial charge on any atom is 0.414 e. The molecule has 2 aliphatic rings. The zero-order valence-electron chi connectivity index (χ0n) is 15.5. The van der Waals surface area contributed by atoms with Crippen LogP contribution < -0.4 is 9.80 Å². The van der Waals surface area contributed by atoms with Crippen LogP contribution in [0.5, 0.6) is 0 Å². The number of amides is 1. The van der Waals surface area contributed by atoms with E-state index in [1.165, 1.54) is 23.0 Å². The number of benzene rings is 1. The van der Waals surface area contributed by atoms with Crippen molar-refractivity contribution in [2.75, 3.05) is 16.3 Å². The van der Waals surface area contributed by atoms with Crippen molar-refractivity contribution in [2.24, 2.45) is 7.05 Å². The number of rotatable bonds is 4. The summed E-state index contributed by atoms with van der Waals surface area (Å²) in [6.45, 7) is 1.22. The van der Waals surface area contributed by atoms with Crippen LogP contribution in [0.25, 0.3) is 0 Å². The van der Waals surface area contributed by atoms with Crippen LogP contribution in [0.15, 0.2) is 30.7 Å². The predicted octanol–water partition coefficient (Wildman–Crippen LogP) is 1.84. The highest BCUT2D eigenvalue weighted by molar-refractivity contribution is 5.90. The first-order chi connectivity index (χ1) is 14.0. The van der Waals surface area contributed by atoms with Gasteiger partial charge in [-0.2, -0.15) is 5.10 Å². The molecule has 0 N–H and O–H groups in total. The first-order valence-electron chi connectivity index (χ1n) is 9.06. The van der Waals surface area contributed by atoms with Crippen molar-refractivity contribution in [3.63, 3.8) is 0 Å². The number of anilines is 2. The van der Waals surface area contributed by atoms with Gasteiger partial charge >= 0.3 is 6.09 Å². The lowest BCUT2D eigenvalue weighted by atomic mass is 10.2. The maximum atomic E-state index is 14.9. The van der Waals surface area contributed by atoms with Crippen molar-refractivity contribution in [1.29, 1.82) is 0 Å². The zero-order valence-corrected chi connectivity index (χ0v) is 15.5. The Bertz CT molecular complexity index is 1060. The van der Waals surface area contributed by atoms with Crippen molar-refractivity contribution in [2.45, 2.75) is 25.7 Å². The molecule has 1 fully saturated rings. The maximum absolute atomic E-state index is 14.9. The van der Waals surface area contributed by atoms with Gasteiger partial charge in [-0.3, -0.25) is 9.58 Å². The summed E-state index contributed by atoms with van der Waals surface area (Å²) in [5.74, 6) is -2.07. The van der Waals surface area contributed by atoms with E-state index in [1.807, 2.05) is 13.2 Å². The molecule has 3 aromatic rings. The first kappa shape index (κ1) is 17.6. The minimum atomic E-state index is -1.08. The molecule has 11 heteroatoms. The van der Waals surface area contributed by atoms with E-state index in [0.717, 1.165) is 16.2 Å². The molecule has 2 aliphatic heterocycles. The Hall–Kier alpha value is -3.50. The highest BCUT2D eigenvalue weighted by Gasteiger charge is 2.36. The Morgan fingerprint density at radius 1 is 1.21 bits per heavy atom. The van der Waals surface area contributed by atoms with E-state index in [1.54, 1.807) is 15.8 Å². The van der Waals surface area contributed by atoms with E-state index >= 15 is 0 Å². The molecule has 9 nitrogen and oxygen atoms in total. The monoisotopic (exact) mass is 401 g/mol. The minimum absolute atomic E-state index is 0.0914. The number of aryl methyl sites for hydroxylation is 1. The van der Waals surface area contributed by atoms with Crippen LogP contribution in [-0.4, -0.2) is 43.5 Å². The van der Waals surface area contributed by atoms with Crippen molar-refractivity contribution in [1.82, 2.24) is 24.8 Å². The fraction of sp³-hybridized carbons (Fsp3) is 0.333. The SMILES string of the molecule is Cn1cc2c(n1)CN(c1ccc(N3C[C@H](Cn4ccnn4)OC3=O)c(F)c1F)C2. The van der Waals surface area contributed by atoms with Gasteiger partial charge in [-0.15, -0.1) is 5.10 Å². The number of ether oxygens (including phenoxy) is 1. The number of carbonyl (C=O) groups is 1. The zero-order chi connectivity index (χ0) is 20.1. The highest BCUT2D eigenvalue weighted by atomic mass is 19.2. The Morgan fingerprint density at radius 2 is 2.00 bits per heavy atom. The molecule has 0 spiro atoms. The smallest absolute Gasteiger partial charge is 0.414 e. The molecule has 29 heavy (non-hydrogen) atoms. The van der Waals surface area contributed by atoms with E-state index in [2.05, 4.69) is 15.4 Å². The molecule has 1 saturated heterocycles. The number of carbonyl (C=O) groups excluding carboxylic acids is 1. The van der Waals surface area contributed by atoms with Gasteiger partial charge in [0.2, 0.25) is 0 Å². The first-order valence-corrected chi connectivity index (χ1v) is 9.06. The van der Waals surface area contributed by atoms with Crippen molar-refractivity contribution >= 4 is 17.5 Å². The van der Waals surface area contributed by atoms with Crippen molar-refractivity contribution < 1.29 is 18.3 Å². The van der Waals surface area contributed by atoms with Crippen LogP contribution in [-0.2, 0) is 31.4 Å². The molecule has 4 heterocycles. The van der Waals surface area contributed by atoms with Crippen LogP contribution in [0.4, 0.5) is 25.0 Å². The molecule has 150 valence electrons. The summed E-state index contributed by atoms with van der Waals surface area (Å²) in [6.07, 6.45) is 3.75. The standard InChI is InChI=1S/C18H17F2N7O2/c1-24-6-11-7-25(10-13(11)22-24)14-2-3-15(17(20)16(14)19)27-9-12(29-18(27)28)8-26-5-4-21-23-26/h2-6,12H,7-10H2,1H3/t12-/m0/s1. The predicted molar refractivity (Wildman–Crippen MR) is 97.1 cm³/mol. The molecular weight excluding hydrogens is 384 g/mol. The molecular formula is C18H17F2N7O2. The number of hydrogen-bond acceptors (Lipinski definition) is 6. The molecule has 0 saturated carbocycles. The largest absolute Gasteiger partial charge is 0.442 e. The second-order valence-corrected chi connectivity index (χ2v) is 7.10. The van der Waals surface area contributed by atoms with Gasteiger partial charge in [0.15, 0.2) is 11.6 Å². The van der Waals surface area contributed by atoms with E-state index in [-0.39, 0.29) is 24.5 Å². The third kappa shape index (κ3) is 2.98. The third-order valence-corrected chi connectivity index (χ3v) is 5.10. The molecule has 0 unspecified atom stereocenters. The number of aromatic nitrogens is 5. The summed E-state index contributed by atoms with van der Waals surface area (Å²) in [4.78, 5) is 15.0. The Morgan fingerprint density at radius 3 is 2.76 bits per heavy atom. The Kier molecular flexibility index (Phi) is 3.96. The molecule has 1 atom stereocenters. The molecule has 0 radical (unpaired) electrons. The number of cyclic esters (lactones) is 1. The Labute approximate surface area is 164 Å². The van der Waals surface area contributed by atoms with E-state index < -0.39 is 23.8 Å². The van der Waals surface area contributed by atoms with Gasteiger partial charge in [0.05, 0.1) is 42.9 Å². The lowest BCUT2D eigenvalue weighted by Gasteiger charge is -2.21. The van der Waals surface area contributed by atoms with Gasteiger partial charge in [-0.05, 0) is 12.1 Å². The molecule has 2 aromatic heterocycles. The normalized spacial score (nSPS) is 18.4. The number of hydrogen-bond donors (Lipinski definition) is 0. The van der Waals surface area contributed by atoms with Crippen LogP contribution in [0, 0.1) is 11.6 Å².